The van der Waals surface area contributed by atoms with Crippen LogP contribution in [0.25, 0.3) is 0 Å². The highest BCUT2D eigenvalue weighted by molar-refractivity contribution is 7.51. The molecule has 5 heteroatoms. The van der Waals surface area contributed by atoms with Crippen molar-refractivity contribution in [2.75, 3.05) is 13.2 Å². The molecular formula is C5H12NO3P. The van der Waals surface area contributed by atoms with Crippen LogP contribution in [0.15, 0.2) is 12.7 Å². The molecule has 0 radical (unpaired) electrons. The second kappa shape index (κ2) is 4.63. The summed E-state index contributed by atoms with van der Waals surface area (Å²) in [5.41, 5.74) is 5.08. The topological polar surface area (TPSA) is 61.5 Å². The molecule has 0 aliphatic heterocycles. The first-order valence-corrected chi connectivity index (χ1v) is 4.52. The predicted octanol–water partition coefficient (Wildman–Crippen LogP) is 1.29. The second-order valence-electron chi connectivity index (χ2n) is 1.54. The van der Waals surface area contributed by atoms with Gasteiger partial charge in [-0.2, -0.15) is 0 Å². The Balaban J connectivity index is 3.63. The van der Waals surface area contributed by atoms with Crippen LogP contribution in [-0.4, -0.2) is 13.2 Å². The van der Waals surface area contributed by atoms with Gasteiger partial charge < -0.3 is 0 Å². The van der Waals surface area contributed by atoms with Crippen molar-refractivity contribution in [2.24, 2.45) is 5.50 Å². The summed E-state index contributed by atoms with van der Waals surface area (Å²) in [5, 5.41) is 0. The van der Waals surface area contributed by atoms with Gasteiger partial charge in [0.25, 0.3) is 0 Å². The average Bonchev–Trinajstić information content (AvgIpc) is 1.84. The van der Waals surface area contributed by atoms with E-state index in [0.717, 1.165) is 0 Å². The fraction of sp³-hybridized carbons (Fsp3) is 0.600. The van der Waals surface area contributed by atoms with Crippen LogP contribution in [0.3, 0.4) is 0 Å². The zero-order chi connectivity index (χ0) is 8.04. The van der Waals surface area contributed by atoms with E-state index in [1.807, 2.05) is 0 Å². The van der Waals surface area contributed by atoms with Crippen LogP contribution >= 0.6 is 7.75 Å². The van der Waals surface area contributed by atoms with Crippen molar-refractivity contribution in [3.8, 4) is 0 Å². The molecule has 1 unspecified atom stereocenters. The van der Waals surface area contributed by atoms with Gasteiger partial charge in [0.1, 0.15) is 0 Å². The van der Waals surface area contributed by atoms with Gasteiger partial charge in [-0.15, -0.1) is 6.58 Å². The molecule has 0 aliphatic rings. The summed E-state index contributed by atoms with van der Waals surface area (Å²) in [4.78, 5) is 0. The van der Waals surface area contributed by atoms with Gasteiger partial charge in [-0.1, -0.05) is 6.08 Å². The first-order chi connectivity index (χ1) is 4.62. The van der Waals surface area contributed by atoms with Crippen LogP contribution in [0.1, 0.15) is 6.92 Å². The minimum atomic E-state index is -3.28. The highest BCUT2D eigenvalue weighted by Gasteiger charge is 2.14. The maximum absolute atomic E-state index is 10.9. The van der Waals surface area contributed by atoms with Crippen LogP contribution in [-0.2, 0) is 13.6 Å². The molecule has 0 amide bonds. The number of nitrogens with two attached hydrogens (primary N) is 1. The van der Waals surface area contributed by atoms with Crippen molar-refractivity contribution in [1.82, 2.24) is 0 Å². The lowest BCUT2D eigenvalue weighted by molar-refractivity contribution is 0.229. The Morgan fingerprint density at radius 1 is 1.70 bits per heavy atom. The molecule has 4 nitrogen and oxygen atoms in total. The Bertz CT molecular complexity index is 148. The first kappa shape index (κ1) is 9.85. The van der Waals surface area contributed by atoms with E-state index in [9.17, 15) is 4.57 Å². The van der Waals surface area contributed by atoms with Crippen LogP contribution < -0.4 is 5.50 Å². The molecule has 10 heavy (non-hydrogen) atoms. The molecule has 0 rings (SSSR count). The molecular weight excluding hydrogens is 153 g/mol. The fourth-order valence-electron chi connectivity index (χ4n) is 0.374. The maximum atomic E-state index is 10.9. The summed E-state index contributed by atoms with van der Waals surface area (Å²) in [5.74, 6) is 0. The van der Waals surface area contributed by atoms with Crippen molar-refractivity contribution in [1.29, 1.82) is 0 Å². The van der Waals surface area contributed by atoms with E-state index in [-0.39, 0.29) is 13.2 Å². The monoisotopic (exact) mass is 165 g/mol. The lowest BCUT2D eigenvalue weighted by Gasteiger charge is -2.09. The summed E-state index contributed by atoms with van der Waals surface area (Å²) < 4.78 is 20.1. The van der Waals surface area contributed by atoms with E-state index < -0.39 is 7.75 Å². The SMILES string of the molecule is C=CCOP(N)(=O)OCC. The third-order valence-electron chi connectivity index (χ3n) is 0.681. The number of rotatable bonds is 5. The third kappa shape index (κ3) is 4.70. The minimum Gasteiger partial charge on any atom is -0.297 e. The van der Waals surface area contributed by atoms with E-state index >= 15 is 0 Å². The quantitative estimate of drug-likeness (QED) is 0.492. The molecule has 2 N–H and O–H groups in total. The summed E-state index contributed by atoms with van der Waals surface area (Å²) >= 11 is 0. The molecule has 0 aromatic heterocycles. The Morgan fingerprint density at radius 3 is 2.70 bits per heavy atom. The molecule has 0 saturated carbocycles. The second-order valence-corrected chi connectivity index (χ2v) is 3.14. The molecule has 0 heterocycles. The van der Waals surface area contributed by atoms with Gasteiger partial charge in [0, 0.05) is 0 Å². The Kier molecular flexibility index (Phi) is 4.56. The zero-order valence-corrected chi connectivity index (χ0v) is 6.84. The van der Waals surface area contributed by atoms with Crippen molar-refractivity contribution in [2.45, 2.75) is 6.92 Å². The summed E-state index contributed by atoms with van der Waals surface area (Å²) in [6.45, 7) is 5.49. The van der Waals surface area contributed by atoms with Crippen molar-refractivity contribution >= 4 is 7.75 Å². The predicted molar refractivity (Wildman–Crippen MR) is 39.6 cm³/mol. The standard InChI is InChI=1S/C5H12NO3P/c1-3-5-9-10(6,7)8-4-2/h3H,1,4-5H2,2H3,(H2,6,7). The van der Waals surface area contributed by atoms with Crippen molar-refractivity contribution in [3.05, 3.63) is 12.7 Å². The van der Waals surface area contributed by atoms with E-state index in [0.29, 0.717) is 0 Å². The van der Waals surface area contributed by atoms with E-state index in [1.54, 1.807) is 6.92 Å². The van der Waals surface area contributed by atoms with E-state index in [1.165, 1.54) is 6.08 Å². The fourth-order valence-corrected chi connectivity index (χ4v) is 1.12. The lowest BCUT2D eigenvalue weighted by Crippen LogP contribution is -2.03. The van der Waals surface area contributed by atoms with Crippen LogP contribution in [0.5, 0.6) is 0 Å². The molecule has 0 bridgehead atoms. The maximum Gasteiger partial charge on any atom is 0.403 e. The Hall–Kier alpha value is -0.150. The highest BCUT2D eigenvalue weighted by Crippen LogP contribution is 2.38. The van der Waals surface area contributed by atoms with Crippen LogP contribution in [0.2, 0.25) is 0 Å². The largest absolute Gasteiger partial charge is 0.403 e. The Labute approximate surface area is 60.6 Å². The molecule has 1 atom stereocenters. The van der Waals surface area contributed by atoms with Gasteiger partial charge in [-0.05, 0) is 6.92 Å². The normalized spacial score (nSPS) is 16.2. The summed E-state index contributed by atoms with van der Waals surface area (Å²) in [6.07, 6.45) is 1.46. The molecule has 0 aromatic rings. The zero-order valence-electron chi connectivity index (χ0n) is 5.95. The molecule has 0 aliphatic carbocycles. The number of hydrogen-bond donors (Lipinski definition) is 1. The van der Waals surface area contributed by atoms with Crippen LogP contribution in [0.4, 0.5) is 0 Å². The van der Waals surface area contributed by atoms with E-state index in [4.69, 9.17) is 5.50 Å². The number of hydrogen-bond acceptors (Lipinski definition) is 3. The molecule has 0 fully saturated rings. The first-order valence-electron chi connectivity index (χ1n) is 2.91. The van der Waals surface area contributed by atoms with Gasteiger partial charge in [-0.3, -0.25) is 9.05 Å². The van der Waals surface area contributed by atoms with Gasteiger partial charge in [-0.25, -0.2) is 10.1 Å². The average molecular weight is 165 g/mol. The van der Waals surface area contributed by atoms with Gasteiger partial charge in [0.05, 0.1) is 13.2 Å². The lowest BCUT2D eigenvalue weighted by atomic mass is 10.7. The van der Waals surface area contributed by atoms with Crippen LogP contribution in [0, 0.1) is 0 Å². The smallest absolute Gasteiger partial charge is 0.297 e. The van der Waals surface area contributed by atoms with Crippen molar-refractivity contribution < 1.29 is 13.6 Å². The molecule has 0 saturated heterocycles. The molecule has 0 aromatic carbocycles. The van der Waals surface area contributed by atoms with Gasteiger partial charge in [0.15, 0.2) is 0 Å². The Morgan fingerprint density at radius 2 is 2.30 bits per heavy atom. The van der Waals surface area contributed by atoms with Gasteiger partial charge >= 0.3 is 7.75 Å². The van der Waals surface area contributed by atoms with Gasteiger partial charge in [0.2, 0.25) is 0 Å². The highest BCUT2D eigenvalue weighted by atomic mass is 31.2. The molecule has 60 valence electrons. The molecule has 0 spiro atoms. The minimum absolute atomic E-state index is 0.147. The third-order valence-corrected chi connectivity index (χ3v) is 1.81. The van der Waals surface area contributed by atoms with E-state index in [2.05, 4.69) is 15.6 Å². The summed E-state index contributed by atoms with van der Waals surface area (Å²) in [6, 6.07) is 0. The van der Waals surface area contributed by atoms with Crippen molar-refractivity contribution in [3.63, 3.8) is 0 Å². The summed E-state index contributed by atoms with van der Waals surface area (Å²) in [7, 11) is -3.28.